The molecule has 0 radical (unpaired) electrons. The number of nitriles is 1. The largest absolute Gasteiger partial charge is 0.348 e. The standard InChI is InChI=1S/C28H26F3N5O3/c1-14(2)8-22(35(3)25(37)21-9-16-18(29)10-19(30)23(31)24(16)33-21)26(38)36-13-28(11-15(36)12-32)17-6-4-5-7-20(17)34-27(28)39/h4-7,9-10,14-15,22,33H,8,11,13H2,1-3H3,(H,34,39)/t15-,22-,28-/m0/s1/i9D,10D. The fourth-order valence-electron chi connectivity index (χ4n) is 5.53. The van der Waals surface area contributed by atoms with E-state index in [1.807, 2.05) is 13.8 Å². The van der Waals surface area contributed by atoms with E-state index in [9.17, 15) is 32.8 Å². The molecule has 2 aliphatic rings. The molecular formula is C28H26F3N5O3. The number of nitrogens with zero attached hydrogens (tertiary/aromatic N) is 3. The van der Waals surface area contributed by atoms with Crippen molar-refractivity contribution in [2.45, 2.75) is 44.2 Å². The Morgan fingerprint density at radius 2 is 1.97 bits per heavy atom. The van der Waals surface area contributed by atoms with Gasteiger partial charge >= 0.3 is 0 Å². The van der Waals surface area contributed by atoms with Gasteiger partial charge in [0, 0.05) is 37.1 Å². The highest BCUT2D eigenvalue weighted by atomic mass is 19.2. The summed E-state index contributed by atoms with van der Waals surface area (Å²) in [4.78, 5) is 45.3. The molecule has 0 aliphatic carbocycles. The van der Waals surface area contributed by atoms with E-state index in [-0.39, 0.29) is 31.2 Å². The second-order valence-corrected chi connectivity index (χ2v) is 10.4. The maximum Gasteiger partial charge on any atom is 0.270 e. The molecule has 2 N–H and O–H groups in total. The van der Waals surface area contributed by atoms with E-state index in [0.29, 0.717) is 11.3 Å². The van der Waals surface area contributed by atoms with E-state index in [1.54, 1.807) is 24.3 Å². The van der Waals surface area contributed by atoms with Crippen LogP contribution in [0.25, 0.3) is 10.9 Å². The van der Waals surface area contributed by atoms with Crippen molar-refractivity contribution in [2.24, 2.45) is 5.92 Å². The third-order valence-electron chi connectivity index (χ3n) is 7.50. The molecular weight excluding hydrogens is 511 g/mol. The minimum atomic E-state index is -1.76. The highest BCUT2D eigenvalue weighted by molar-refractivity contribution is 6.07. The normalized spacial score (nSPS) is 21.5. The summed E-state index contributed by atoms with van der Waals surface area (Å²) in [6.07, 6.45) is 0.190. The molecule has 1 fully saturated rings. The first-order valence-electron chi connectivity index (χ1n) is 13.4. The number of hydrogen-bond acceptors (Lipinski definition) is 4. The van der Waals surface area contributed by atoms with E-state index in [1.165, 1.54) is 11.9 Å². The summed E-state index contributed by atoms with van der Waals surface area (Å²) >= 11 is 0. The molecule has 3 atom stereocenters. The lowest BCUT2D eigenvalue weighted by molar-refractivity contribution is -0.136. The molecule has 3 aromatic rings. The maximum absolute atomic E-state index is 14.6. The van der Waals surface area contributed by atoms with Crippen molar-refractivity contribution in [2.75, 3.05) is 18.9 Å². The number of benzene rings is 2. The summed E-state index contributed by atoms with van der Waals surface area (Å²) in [7, 11) is 1.28. The molecule has 5 rings (SSSR count). The molecule has 2 aliphatic heterocycles. The number of fused-ring (bicyclic) bond motifs is 3. The number of rotatable bonds is 5. The smallest absolute Gasteiger partial charge is 0.270 e. The van der Waals surface area contributed by atoms with Gasteiger partial charge in [-0.2, -0.15) is 5.26 Å². The van der Waals surface area contributed by atoms with Crippen LogP contribution in [-0.4, -0.2) is 58.2 Å². The predicted molar refractivity (Wildman–Crippen MR) is 136 cm³/mol. The fraction of sp³-hybridized carbons (Fsp3) is 0.357. The van der Waals surface area contributed by atoms with Gasteiger partial charge in [-0.3, -0.25) is 14.4 Å². The van der Waals surface area contributed by atoms with Gasteiger partial charge in [-0.1, -0.05) is 32.0 Å². The van der Waals surface area contributed by atoms with Gasteiger partial charge in [-0.05, 0) is 30.0 Å². The molecule has 3 heterocycles. The fourth-order valence-corrected chi connectivity index (χ4v) is 5.53. The van der Waals surface area contributed by atoms with Crippen LogP contribution in [0.3, 0.4) is 0 Å². The van der Waals surface area contributed by atoms with E-state index in [4.69, 9.17) is 2.74 Å². The number of likely N-dealkylation sites (tertiary alicyclic amines) is 1. The molecule has 1 aromatic heterocycles. The van der Waals surface area contributed by atoms with Gasteiger partial charge in [0.05, 0.1) is 19.7 Å². The quantitative estimate of drug-likeness (QED) is 0.476. The number of likely N-dealkylation sites (N-methyl/N-ethyl adjacent to an activating group) is 1. The molecule has 0 saturated carbocycles. The summed E-state index contributed by atoms with van der Waals surface area (Å²) in [5.41, 5.74) is -1.24. The van der Waals surface area contributed by atoms with Crippen LogP contribution in [-0.2, 0) is 15.0 Å². The van der Waals surface area contributed by atoms with Crippen molar-refractivity contribution < 1.29 is 30.3 Å². The zero-order chi connectivity index (χ0) is 30.0. The van der Waals surface area contributed by atoms with E-state index >= 15 is 0 Å². The third-order valence-corrected chi connectivity index (χ3v) is 7.50. The van der Waals surface area contributed by atoms with Crippen molar-refractivity contribution in [3.63, 3.8) is 0 Å². The zero-order valence-corrected chi connectivity index (χ0v) is 21.4. The van der Waals surface area contributed by atoms with Gasteiger partial charge in [0.25, 0.3) is 5.91 Å². The van der Waals surface area contributed by atoms with Crippen LogP contribution in [0.2, 0.25) is 0 Å². The van der Waals surface area contributed by atoms with Crippen molar-refractivity contribution in [1.29, 1.82) is 5.26 Å². The molecule has 3 amide bonds. The molecule has 8 nitrogen and oxygen atoms in total. The van der Waals surface area contributed by atoms with E-state index < -0.39 is 75.4 Å². The Labute approximate surface area is 225 Å². The first-order chi connectivity index (χ1) is 19.3. The lowest BCUT2D eigenvalue weighted by atomic mass is 9.80. The Balaban J connectivity index is 1.51. The van der Waals surface area contributed by atoms with Crippen LogP contribution in [0.15, 0.2) is 36.4 Å². The minimum Gasteiger partial charge on any atom is -0.348 e. The summed E-state index contributed by atoms with van der Waals surface area (Å²) < 4.78 is 58.9. The Morgan fingerprint density at radius 1 is 1.26 bits per heavy atom. The Bertz CT molecular complexity index is 1670. The number of halogens is 3. The second kappa shape index (κ2) is 9.45. The Hall–Kier alpha value is -4.33. The SMILES string of the molecule is [2H]c1c(F)c(F)c2[nH]c(C(=O)N(C)[C@@H](CC(C)C)C(=O)N3C[C@]4(C[C@H]3C#N)C(=O)Nc3ccccc34)c([2H])c2c1F. The third kappa shape index (κ3) is 4.11. The highest BCUT2D eigenvalue weighted by Gasteiger charge is 2.56. The summed E-state index contributed by atoms with van der Waals surface area (Å²) in [5, 5.41) is 12.0. The summed E-state index contributed by atoms with van der Waals surface area (Å²) in [6, 6.07) is 4.84. The lowest BCUT2D eigenvalue weighted by Gasteiger charge is -2.33. The molecule has 11 heteroatoms. The predicted octanol–water partition coefficient (Wildman–Crippen LogP) is 4.09. The zero-order valence-electron chi connectivity index (χ0n) is 23.4. The molecule has 39 heavy (non-hydrogen) atoms. The van der Waals surface area contributed by atoms with Crippen LogP contribution in [0.5, 0.6) is 0 Å². The number of aromatic amines is 1. The number of carbonyl (C=O) groups is 3. The Morgan fingerprint density at radius 3 is 2.67 bits per heavy atom. The van der Waals surface area contributed by atoms with Crippen LogP contribution >= 0.6 is 0 Å². The average Bonchev–Trinajstić information content (AvgIpc) is 3.60. The number of anilines is 1. The molecule has 0 bridgehead atoms. The van der Waals surface area contributed by atoms with Gasteiger partial charge in [0.1, 0.15) is 23.6 Å². The topological polar surface area (TPSA) is 109 Å². The molecule has 2 aromatic carbocycles. The van der Waals surface area contributed by atoms with Gasteiger partial charge in [0.2, 0.25) is 11.8 Å². The molecule has 1 saturated heterocycles. The van der Waals surface area contributed by atoms with E-state index in [2.05, 4.69) is 16.4 Å². The van der Waals surface area contributed by atoms with Crippen molar-refractivity contribution in [3.05, 3.63) is 65.1 Å². The number of amides is 3. The highest BCUT2D eigenvalue weighted by Crippen LogP contribution is 2.46. The maximum atomic E-state index is 14.6. The molecule has 1 spiro atoms. The Kier molecular flexibility index (Phi) is 5.76. The van der Waals surface area contributed by atoms with Crippen molar-refractivity contribution in [3.8, 4) is 6.07 Å². The van der Waals surface area contributed by atoms with Gasteiger partial charge < -0.3 is 20.1 Å². The number of para-hydroxylation sites is 1. The first kappa shape index (κ1) is 23.8. The lowest BCUT2D eigenvalue weighted by Crippen LogP contribution is -2.52. The van der Waals surface area contributed by atoms with Crippen molar-refractivity contribution >= 4 is 34.3 Å². The first-order valence-corrected chi connectivity index (χ1v) is 12.4. The van der Waals surface area contributed by atoms with Crippen LogP contribution in [0.4, 0.5) is 18.9 Å². The number of hydrogen-bond donors (Lipinski definition) is 2. The average molecular weight is 540 g/mol. The summed E-state index contributed by atoms with van der Waals surface area (Å²) in [5.74, 6) is -6.89. The number of nitrogens with one attached hydrogen (secondary N) is 2. The van der Waals surface area contributed by atoms with Crippen LogP contribution in [0.1, 0.15) is 45.5 Å². The van der Waals surface area contributed by atoms with Crippen LogP contribution < -0.4 is 5.32 Å². The monoisotopic (exact) mass is 539 g/mol. The van der Waals surface area contributed by atoms with Gasteiger partial charge in [-0.25, -0.2) is 13.2 Å². The van der Waals surface area contributed by atoms with Gasteiger partial charge in [0.15, 0.2) is 11.6 Å². The molecule has 202 valence electrons. The second-order valence-electron chi connectivity index (χ2n) is 10.4. The number of aromatic nitrogens is 1. The van der Waals surface area contributed by atoms with E-state index in [0.717, 1.165) is 4.90 Å². The molecule has 0 unspecified atom stereocenters. The van der Waals surface area contributed by atoms with Gasteiger partial charge in [-0.15, -0.1) is 0 Å². The minimum absolute atomic E-state index is 0.0581. The van der Waals surface area contributed by atoms with Crippen LogP contribution in [0, 0.1) is 34.7 Å². The summed E-state index contributed by atoms with van der Waals surface area (Å²) in [6.45, 7) is 3.53. The van der Waals surface area contributed by atoms with Crippen molar-refractivity contribution in [1.82, 2.24) is 14.8 Å². The number of carbonyl (C=O) groups excluding carboxylic acids is 3. The number of H-pyrrole nitrogens is 1.